The van der Waals surface area contributed by atoms with Crippen molar-refractivity contribution >= 4 is 43.0 Å². The van der Waals surface area contributed by atoms with Crippen molar-refractivity contribution in [3.63, 3.8) is 0 Å². The van der Waals surface area contributed by atoms with E-state index in [1.807, 2.05) is 42.5 Å². The summed E-state index contributed by atoms with van der Waals surface area (Å²) in [6, 6.07) is 22.1. The van der Waals surface area contributed by atoms with Gasteiger partial charge < -0.3 is 5.32 Å². The summed E-state index contributed by atoms with van der Waals surface area (Å²) < 4.78 is 28.3. The SMILES string of the molecule is O=C(CNc1cccc(-c2nc3ccccc3s2)c1)c1ccc(S(=O)(=O)N2CCCCC2)cc1. The number of sulfonamides is 1. The molecule has 1 aromatic heterocycles. The molecule has 5 rings (SSSR count). The predicted molar refractivity (Wildman–Crippen MR) is 137 cm³/mol. The third-order valence-electron chi connectivity index (χ3n) is 5.99. The molecule has 2 heterocycles. The van der Waals surface area contributed by atoms with E-state index in [2.05, 4.69) is 11.4 Å². The van der Waals surface area contributed by atoms with Crippen LogP contribution in [0.3, 0.4) is 0 Å². The Morgan fingerprint density at radius 1 is 0.941 bits per heavy atom. The molecule has 4 aromatic rings. The van der Waals surface area contributed by atoms with E-state index < -0.39 is 10.0 Å². The summed E-state index contributed by atoms with van der Waals surface area (Å²) in [6.45, 7) is 1.23. The third kappa shape index (κ3) is 4.75. The molecule has 174 valence electrons. The predicted octanol–water partition coefficient (Wildman–Crippen LogP) is 5.43. The van der Waals surface area contributed by atoms with Gasteiger partial charge >= 0.3 is 0 Å². The second-order valence-corrected chi connectivity index (χ2v) is 11.3. The molecule has 1 saturated heterocycles. The van der Waals surface area contributed by atoms with Gasteiger partial charge in [-0.15, -0.1) is 11.3 Å². The van der Waals surface area contributed by atoms with Crippen LogP contribution in [0.15, 0.2) is 77.7 Å². The van der Waals surface area contributed by atoms with E-state index in [-0.39, 0.29) is 17.2 Å². The first kappa shape index (κ1) is 22.7. The number of piperidine rings is 1. The fraction of sp³-hybridized carbons (Fsp3) is 0.231. The largest absolute Gasteiger partial charge is 0.378 e. The van der Waals surface area contributed by atoms with Gasteiger partial charge in [0.1, 0.15) is 5.01 Å². The van der Waals surface area contributed by atoms with Crippen LogP contribution < -0.4 is 5.32 Å². The zero-order valence-electron chi connectivity index (χ0n) is 18.6. The van der Waals surface area contributed by atoms with Crippen LogP contribution in [-0.4, -0.2) is 43.1 Å². The van der Waals surface area contributed by atoms with Gasteiger partial charge in [0.15, 0.2) is 5.78 Å². The topological polar surface area (TPSA) is 79.4 Å². The monoisotopic (exact) mass is 491 g/mol. The van der Waals surface area contributed by atoms with Gasteiger partial charge in [0.25, 0.3) is 0 Å². The molecular weight excluding hydrogens is 466 g/mol. The van der Waals surface area contributed by atoms with Crippen molar-refractivity contribution in [1.29, 1.82) is 0 Å². The van der Waals surface area contributed by atoms with Crippen molar-refractivity contribution in [3.05, 3.63) is 78.4 Å². The Morgan fingerprint density at radius 3 is 2.47 bits per heavy atom. The molecule has 1 fully saturated rings. The number of Topliss-reactive ketones (excluding diaryl/α,β-unsaturated/α-hetero) is 1. The number of nitrogens with one attached hydrogen (secondary N) is 1. The summed E-state index contributed by atoms with van der Waals surface area (Å²) in [5, 5.41) is 4.12. The number of carbonyl (C=O) groups excluding carboxylic acids is 1. The van der Waals surface area contributed by atoms with E-state index in [0.717, 1.165) is 45.7 Å². The number of aromatic nitrogens is 1. The number of nitrogens with zero attached hydrogens (tertiary/aromatic N) is 2. The van der Waals surface area contributed by atoms with Crippen molar-refractivity contribution in [2.75, 3.05) is 25.0 Å². The standard InChI is InChI=1S/C26H25N3O3S2/c30-24(19-11-13-22(14-12-19)34(31,32)29-15-4-1-5-16-29)18-27-21-8-6-7-20(17-21)26-28-23-9-2-3-10-25(23)33-26/h2-3,6-14,17,27H,1,4-5,15-16,18H2. The van der Waals surface area contributed by atoms with E-state index in [4.69, 9.17) is 4.98 Å². The van der Waals surface area contributed by atoms with Gasteiger partial charge in [-0.3, -0.25) is 4.79 Å². The number of anilines is 1. The minimum absolute atomic E-state index is 0.104. The number of ketones is 1. The average molecular weight is 492 g/mol. The highest BCUT2D eigenvalue weighted by atomic mass is 32.2. The van der Waals surface area contributed by atoms with E-state index in [9.17, 15) is 13.2 Å². The summed E-state index contributed by atoms with van der Waals surface area (Å²) >= 11 is 1.64. The highest BCUT2D eigenvalue weighted by molar-refractivity contribution is 7.89. The van der Waals surface area contributed by atoms with E-state index >= 15 is 0 Å². The summed E-state index contributed by atoms with van der Waals surface area (Å²) in [6.07, 6.45) is 2.85. The quantitative estimate of drug-likeness (QED) is 0.349. The summed E-state index contributed by atoms with van der Waals surface area (Å²) in [7, 11) is -3.50. The molecule has 0 atom stereocenters. The maximum atomic E-state index is 12.8. The summed E-state index contributed by atoms with van der Waals surface area (Å²) in [5.74, 6) is -0.104. The normalized spacial score (nSPS) is 14.8. The van der Waals surface area contributed by atoms with Crippen molar-refractivity contribution in [3.8, 4) is 10.6 Å². The molecule has 0 unspecified atom stereocenters. The number of rotatable bonds is 7. The Balaban J connectivity index is 1.25. The first-order valence-electron chi connectivity index (χ1n) is 11.3. The van der Waals surface area contributed by atoms with Crippen LogP contribution in [0.2, 0.25) is 0 Å². The lowest BCUT2D eigenvalue weighted by Gasteiger charge is -2.25. The Hall–Kier alpha value is -3.07. The molecule has 1 aliphatic heterocycles. The molecule has 0 spiro atoms. The minimum Gasteiger partial charge on any atom is -0.378 e. The maximum absolute atomic E-state index is 12.8. The smallest absolute Gasteiger partial charge is 0.243 e. The summed E-state index contributed by atoms with van der Waals surface area (Å²) in [5.41, 5.74) is 3.27. The van der Waals surface area contributed by atoms with Crippen molar-refractivity contribution < 1.29 is 13.2 Å². The number of fused-ring (bicyclic) bond motifs is 1. The highest BCUT2D eigenvalue weighted by Crippen LogP contribution is 2.31. The number of hydrogen-bond donors (Lipinski definition) is 1. The lowest BCUT2D eigenvalue weighted by molar-refractivity contribution is 0.101. The molecule has 0 radical (unpaired) electrons. The Kier molecular flexibility index (Phi) is 6.45. The summed E-state index contributed by atoms with van der Waals surface area (Å²) in [4.78, 5) is 17.7. The van der Waals surface area contributed by atoms with Crippen LogP contribution in [0.25, 0.3) is 20.8 Å². The van der Waals surface area contributed by atoms with Crippen molar-refractivity contribution in [2.24, 2.45) is 0 Å². The van der Waals surface area contributed by atoms with E-state index in [1.165, 1.54) is 16.4 Å². The Morgan fingerprint density at radius 2 is 1.71 bits per heavy atom. The van der Waals surface area contributed by atoms with Crippen LogP contribution in [0, 0.1) is 0 Å². The molecule has 0 bridgehead atoms. The molecule has 0 amide bonds. The minimum atomic E-state index is -3.50. The Bertz CT molecular complexity index is 1390. The molecule has 0 saturated carbocycles. The van der Waals surface area contributed by atoms with Gasteiger partial charge in [-0.1, -0.05) is 30.7 Å². The number of hydrogen-bond acceptors (Lipinski definition) is 6. The maximum Gasteiger partial charge on any atom is 0.243 e. The zero-order chi connectivity index (χ0) is 23.5. The lowest BCUT2D eigenvalue weighted by atomic mass is 10.1. The molecule has 6 nitrogen and oxygen atoms in total. The first-order chi connectivity index (χ1) is 16.5. The molecule has 3 aromatic carbocycles. The molecule has 1 N–H and O–H groups in total. The first-order valence-corrected chi connectivity index (χ1v) is 13.6. The number of para-hydroxylation sites is 1. The van der Waals surface area contributed by atoms with Crippen LogP contribution in [0.1, 0.15) is 29.6 Å². The van der Waals surface area contributed by atoms with Gasteiger partial charge in [-0.05, 0) is 61.4 Å². The third-order valence-corrected chi connectivity index (χ3v) is 8.98. The van der Waals surface area contributed by atoms with Crippen LogP contribution >= 0.6 is 11.3 Å². The van der Waals surface area contributed by atoms with Gasteiger partial charge in [0, 0.05) is 29.9 Å². The second-order valence-electron chi connectivity index (χ2n) is 8.33. The van der Waals surface area contributed by atoms with Gasteiger partial charge in [-0.25, -0.2) is 13.4 Å². The fourth-order valence-electron chi connectivity index (χ4n) is 4.11. The molecule has 1 aliphatic rings. The zero-order valence-corrected chi connectivity index (χ0v) is 20.2. The molecule has 0 aliphatic carbocycles. The molecular formula is C26H25N3O3S2. The van der Waals surface area contributed by atoms with E-state index in [1.54, 1.807) is 23.5 Å². The van der Waals surface area contributed by atoms with E-state index in [0.29, 0.717) is 18.7 Å². The van der Waals surface area contributed by atoms with Crippen molar-refractivity contribution in [2.45, 2.75) is 24.2 Å². The van der Waals surface area contributed by atoms with Gasteiger partial charge in [0.2, 0.25) is 10.0 Å². The van der Waals surface area contributed by atoms with Crippen LogP contribution in [0.5, 0.6) is 0 Å². The molecule has 34 heavy (non-hydrogen) atoms. The van der Waals surface area contributed by atoms with Crippen LogP contribution in [-0.2, 0) is 10.0 Å². The van der Waals surface area contributed by atoms with Gasteiger partial charge in [-0.2, -0.15) is 4.31 Å². The van der Waals surface area contributed by atoms with Crippen molar-refractivity contribution in [1.82, 2.24) is 9.29 Å². The highest BCUT2D eigenvalue weighted by Gasteiger charge is 2.25. The molecule has 8 heteroatoms. The second kappa shape index (κ2) is 9.66. The number of benzene rings is 3. The Labute approximate surface area is 203 Å². The lowest BCUT2D eigenvalue weighted by Crippen LogP contribution is -2.35. The van der Waals surface area contributed by atoms with Gasteiger partial charge in [0.05, 0.1) is 21.7 Å². The van der Waals surface area contributed by atoms with Crippen LogP contribution in [0.4, 0.5) is 5.69 Å². The number of thiazole rings is 1. The average Bonchev–Trinajstić information content (AvgIpc) is 3.33. The number of carbonyl (C=O) groups is 1. The fourth-order valence-corrected chi connectivity index (χ4v) is 6.59.